The van der Waals surface area contributed by atoms with E-state index in [-0.39, 0.29) is 24.3 Å². The van der Waals surface area contributed by atoms with Crippen LogP contribution in [0.15, 0.2) is 16.5 Å². The van der Waals surface area contributed by atoms with Crippen LogP contribution >= 0.6 is 0 Å². The first-order chi connectivity index (χ1) is 9.04. The van der Waals surface area contributed by atoms with Gasteiger partial charge < -0.3 is 19.6 Å². The average Bonchev–Trinajstić information content (AvgIpc) is 2.86. The van der Waals surface area contributed by atoms with E-state index in [2.05, 4.69) is 10.6 Å². The molecule has 0 radical (unpaired) electrons. The predicted molar refractivity (Wildman–Crippen MR) is 67.0 cm³/mol. The van der Waals surface area contributed by atoms with Crippen LogP contribution in [0.2, 0.25) is 0 Å². The second-order valence-electron chi connectivity index (χ2n) is 3.95. The van der Waals surface area contributed by atoms with Crippen LogP contribution in [0.3, 0.4) is 0 Å². The number of hydrogen-bond donors (Lipinski definition) is 3. The van der Waals surface area contributed by atoms with E-state index in [9.17, 15) is 9.59 Å². The average molecular weight is 270 g/mol. The van der Waals surface area contributed by atoms with E-state index >= 15 is 0 Å². The predicted octanol–water partition coefficient (Wildman–Crippen LogP) is 0.391. The molecule has 0 aliphatic carbocycles. The van der Waals surface area contributed by atoms with Crippen LogP contribution in [0.1, 0.15) is 29.3 Å². The summed E-state index contributed by atoms with van der Waals surface area (Å²) in [4.78, 5) is 22.1. The smallest absolute Gasteiger partial charge is 0.371 e. The summed E-state index contributed by atoms with van der Waals surface area (Å²) in [5.41, 5.74) is 0. The Morgan fingerprint density at radius 3 is 2.79 bits per heavy atom. The maximum Gasteiger partial charge on any atom is 0.371 e. The summed E-state index contributed by atoms with van der Waals surface area (Å²) >= 11 is 0. The molecule has 1 aromatic heterocycles. The van der Waals surface area contributed by atoms with Crippen molar-refractivity contribution >= 4 is 11.9 Å². The molecule has 1 rings (SSSR count). The molecule has 0 spiro atoms. The van der Waals surface area contributed by atoms with Crippen LogP contribution in [0.5, 0.6) is 0 Å². The molecule has 0 aliphatic rings. The molecule has 0 aromatic carbocycles. The van der Waals surface area contributed by atoms with Gasteiger partial charge in [-0.3, -0.25) is 10.1 Å². The summed E-state index contributed by atoms with van der Waals surface area (Å²) in [5, 5.41) is 14.3. The van der Waals surface area contributed by atoms with Gasteiger partial charge in [0.1, 0.15) is 5.76 Å². The Morgan fingerprint density at radius 1 is 1.47 bits per heavy atom. The lowest BCUT2D eigenvalue weighted by molar-refractivity contribution is -0.120. The van der Waals surface area contributed by atoms with Crippen LogP contribution in [0, 0.1) is 0 Å². The molecule has 0 saturated carbocycles. The summed E-state index contributed by atoms with van der Waals surface area (Å²) in [6.45, 7) is 2.82. The van der Waals surface area contributed by atoms with E-state index in [1.807, 2.05) is 0 Å². The zero-order valence-electron chi connectivity index (χ0n) is 10.9. The normalized spacial score (nSPS) is 12.1. The molecule has 0 saturated heterocycles. The highest BCUT2D eigenvalue weighted by molar-refractivity contribution is 5.84. The summed E-state index contributed by atoms with van der Waals surface area (Å²) in [7, 11) is 1.56. The summed E-state index contributed by atoms with van der Waals surface area (Å²) in [6.07, 6.45) is 0. The van der Waals surface area contributed by atoms with Crippen LogP contribution in [-0.4, -0.2) is 43.8 Å². The van der Waals surface area contributed by atoms with Gasteiger partial charge in [0, 0.05) is 13.7 Å². The third kappa shape index (κ3) is 5.11. The number of methoxy groups -OCH3 is 1. The van der Waals surface area contributed by atoms with Crippen molar-refractivity contribution in [3.05, 3.63) is 23.7 Å². The molecule has 1 heterocycles. The van der Waals surface area contributed by atoms with Gasteiger partial charge in [-0.1, -0.05) is 0 Å². The van der Waals surface area contributed by atoms with Crippen molar-refractivity contribution in [3.63, 3.8) is 0 Å². The number of carboxylic acid groups (broad SMARTS) is 1. The lowest BCUT2D eigenvalue weighted by Crippen LogP contribution is -2.36. The summed E-state index contributed by atoms with van der Waals surface area (Å²) in [5.74, 6) is -0.917. The van der Waals surface area contributed by atoms with Crippen LogP contribution in [0.25, 0.3) is 0 Å². The van der Waals surface area contributed by atoms with E-state index in [1.165, 1.54) is 6.07 Å². The Kier molecular flexibility index (Phi) is 6.04. The van der Waals surface area contributed by atoms with Crippen molar-refractivity contribution in [2.24, 2.45) is 0 Å². The Bertz CT molecular complexity index is 430. The van der Waals surface area contributed by atoms with Crippen molar-refractivity contribution < 1.29 is 23.8 Å². The fourth-order valence-corrected chi connectivity index (χ4v) is 1.40. The number of ether oxygens (including phenoxy) is 1. The molecular formula is C12H18N2O5. The maximum atomic E-state index is 11.4. The van der Waals surface area contributed by atoms with Crippen LogP contribution in [0.4, 0.5) is 0 Å². The van der Waals surface area contributed by atoms with E-state index in [0.29, 0.717) is 18.9 Å². The van der Waals surface area contributed by atoms with E-state index in [4.69, 9.17) is 14.3 Å². The van der Waals surface area contributed by atoms with Crippen molar-refractivity contribution in [2.45, 2.75) is 13.0 Å². The Balaban J connectivity index is 2.35. The SMILES string of the molecule is COCCNC(=O)CNC(C)c1ccc(C(=O)O)o1. The monoisotopic (exact) mass is 270 g/mol. The van der Waals surface area contributed by atoms with Gasteiger partial charge in [0.2, 0.25) is 11.7 Å². The molecule has 0 aliphatic heterocycles. The minimum atomic E-state index is -1.12. The van der Waals surface area contributed by atoms with Gasteiger partial charge in [-0.15, -0.1) is 0 Å². The fourth-order valence-electron chi connectivity index (χ4n) is 1.40. The van der Waals surface area contributed by atoms with Gasteiger partial charge in [-0.25, -0.2) is 4.79 Å². The summed E-state index contributed by atoms with van der Waals surface area (Å²) in [6, 6.07) is 2.71. The minimum absolute atomic E-state index is 0.117. The Labute approximate surface area is 110 Å². The van der Waals surface area contributed by atoms with Crippen LogP contribution in [-0.2, 0) is 9.53 Å². The highest BCUT2D eigenvalue weighted by Gasteiger charge is 2.14. The quantitative estimate of drug-likeness (QED) is 0.591. The number of carboxylic acids is 1. The van der Waals surface area contributed by atoms with Crippen LogP contribution < -0.4 is 10.6 Å². The number of amides is 1. The molecule has 19 heavy (non-hydrogen) atoms. The Morgan fingerprint density at radius 2 is 2.21 bits per heavy atom. The van der Waals surface area contributed by atoms with Gasteiger partial charge in [0.05, 0.1) is 19.2 Å². The largest absolute Gasteiger partial charge is 0.475 e. The molecule has 7 heteroatoms. The highest BCUT2D eigenvalue weighted by atomic mass is 16.5. The first-order valence-electron chi connectivity index (χ1n) is 5.86. The molecule has 0 bridgehead atoms. The van der Waals surface area contributed by atoms with Crippen molar-refractivity contribution in [3.8, 4) is 0 Å². The first-order valence-corrected chi connectivity index (χ1v) is 5.86. The standard InChI is InChI=1S/C12H18N2O5/c1-8(9-3-4-10(19-9)12(16)17)14-7-11(15)13-5-6-18-2/h3-4,8,14H,5-7H2,1-2H3,(H,13,15)(H,16,17). The van der Waals surface area contributed by atoms with Gasteiger partial charge in [-0.05, 0) is 19.1 Å². The van der Waals surface area contributed by atoms with Crippen molar-refractivity contribution in [1.82, 2.24) is 10.6 Å². The Hall–Kier alpha value is -1.86. The van der Waals surface area contributed by atoms with Gasteiger partial charge >= 0.3 is 5.97 Å². The number of nitrogens with one attached hydrogen (secondary N) is 2. The minimum Gasteiger partial charge on any atom is -0.475 e. The maximum absolute atomic E-state index is 11.4. The zero-order valence-corrected chi connectivity index (χ0v) is 10.9. The summed E-state index contributed by atoms with van der Waals surface area (Å²) < 4.78 is 9.93. The van der Waals surface area contributed by atoms with Gasteiger partial charge in [0.15, 0.2) is 0 Å². The number of carbonyl (C=O) groups excluding carboxylic acids is 1. The van der Waals surface area contributed by atoms with Gasteiger partial charge in [-0.2, -0.15) is 0 Å². The number of rotatable bonds is 8. The molecule has 1 aromatic rings. The first kappa shape index (κ1) is 15.2. The topological polar surface area (TPSA) is 101 Å². The number of carbonyl (C=O) groups is 2. The number of hydrogen-bond acceptors (Lipinski definition) is 5. The molecule has 106 valence electrons. The molecule has 1 atom stereocenters. The van der Waals surface area contributed by atoms with E-state index < -0.39 is 5.97 Å². The second kappa shape index (κ2) is 7.55. The molecule has 3 N–H and O–H groups in total. The highest BCUT2D eigenvalue weighted by Crippen LogP contribution is 2.15. The molecule has 7 nitrogen and oxygen atoms in total. The fraction of sp³-hybridized carbons (Fsp3) is 0.500. The lowest BCUT2D eigenvalue weighted by Gasteiger charge is -2.11. The molecule has 0 fully saturated rings. The number of aromatic carboxylic acids is 1. The lowest BCUT2D eigenvalue weighted by atomic mass is 10.2. The molecular weight excluding hydrogens is 252 g/mol. The zero-order chi connectivity index (χ0) is 14.3. The van der Waals surface area contributed by atoms with Gasteiger partial charge in [0.25, 0.3) is 0 Å². The van der Waals surface area contributed by atoms with Crippen molar-refractivity contribution in [2.75, 3.05) is 26.8 Å². The van der Waals surface area contributed by atoms with E-state index in [1.54, 1.807) is 20.1 Å². The molecule has 1 unspecified atom stereocenters. The van der Waals surface area contributed by atoms with E-state index in [0.717, 1.165) is 0 Å². The van der Waals surface area contributed by atoms with Crippen molar-refractivity contribution in [1.29, 1.82) is 0 Å². The third-order valence-electron chi connectivity index (χ3n) is 2.46. The molecule has 1 amide bonds. The number of furan rings is 1. The third-order valence-corrected chi connectivity index (χ3v) is 2.46. The second-order valence-corrected chi connectivity index (χ2v) is 3.95.